The second kappa shape index (κ2) is 5.50. The summed E-state index contributed by atoms with van der Waals surface area (Å²) in [5, 5.41) is 0. The molecule has 0 bridgehead atoms. The van der Waals surface area contributed by atoms with E-state index < -0.39 is 0 Å². The summed E-state index contributed by atoms with van der Waals surface area (Å²) in [6, 6.07) is 3.44. The number of ether oxygens (including phenoxy) is 1. The zero-order chi connectivity index (χ0) is 10.4. The van der Waals surface area contributed by atoms with Crippen LogP contribution in [0, 0.1) is 0 Å². The molecule has 0 radical (unpaired) electrons. The van der Waals surface area contributed by atoms with Crippen LogP contribution in [0.1, 0.15) is 30.6 Å². The molecule has 0 saturated heterocycles. The molecule has 3 nitrogen and oxygen atoms in total. The van der Waals surface area contributed by atoms with E-state index in [1.165, 1.54) is 0 Å². The summed E-state index contributed by atoms with van der Waals surface area (Å²) in [5.74, 6) is 0.105. The van der Waals surface area contributed by atoms with Crippen molar-refractivity contribution in [3.8, 4) is 0 Å². The number of rotatable bonds is 5. The van der Waals surface area contributed by atoms with Gasteiger partial charge in [-0.15, -0.1) is 0 Å². The Morgan fingerprint density at radius 3 is 2.64 bits per heavy atom. The van der Waals surface area contributed by atoms with E-state index in [1.54, 1.807) is 24.5 Å². The van der Waals surface area contributed by atoms with Gasteiger partial charge >= 0.3 is 0 Å². The lowest BCUT2D eigenvalue weighted by atomic mass is 10.1. The van der Waals surface area contributed by atoms with Crippen molar-refractivity contribution >= 4 is 5.78 Å². The highest BCUT2D eigenvalue weighted by molar-refractivity contribution is 5.95. The minimum atomic E-state index is 0.105. The molecule has 0 spiro atoms. The summed E-state index contributed by atoms with van der Waals surface area (Å²) >= 11 is 0. The molecule has 0 aliphatic rings. The van der Waals surface area contributed by atoms with Crippen LogP contribution in [-0.2, 0) is 4.74 Å². The van der Waals surface area contributed by atoms with Crippen LogP contribution < -0.4 is 0 Å². The molecule has 0 saturated carbocycles. The largest absolute Gasteiger partial charge is 0.378 e. The SMILES string of the molecule is CC(C)OCCC(=O)c1ccncc1. The molecule has 1 heterocycles. The number of hydrogen-bond donors (Lipinski definition) is 0. The lowest BCUT2D eigenvalue weighted by molar-refractivity contribution is 0.0678. The number of nitrogens with zero attached hydrogens (tertiary/aromatic N) is 1. The fourth-order valence-electron chi connectivity index (χ4n) is 1.07. The van der Waals surface area contributed by atoms with Gasteiger partial charge in [-0.25, -0.2) is 0 Å². The summed E-state index contributed by atoms with van der Waals surface area (Å²) in [5.41, 5.74) is 0.701. The first-order chi connectivity index (χ1) is 6.70. The summed E-state index contributed by atoms with van der Waals surface area (Å²) in [6.07, 6.45) is 3.86. The van der Waals surface area contributed by atoms with E-state index in [4.69, 9.17) is 4.74 Å². The summed E-state index contributed by atoms with van der Waals surface area (Å²) in [4.78, 5) is 15.4. The molecular weight excluding hydrogens is 178 g/mol. The van der Waals surface area contributed by atoms with Crippen molar-refractivity contribution in [3.05, 3.63) is 30.1 Å². The number of hydrogen-bond acceptors (Lipinski definition) is 3. The maximum absolute atomic E-state index is 11.5. The molecule has 0 amide bonds. The van der Waals surface area contributed by atoms with Crippen molar-refractivity contribution in [1.82, 2.24) is 4.98 Å². The van der Waals surface area contributed by atoms with Gasteiger partial charge in [0.1, 0.15) is 0 Å². The molecular formula is C11H15NO2. The van der Waals surface area contributed by atoms with E-state index >= 15 is 0 Å². The van der Waals surface area contributed by atoms with Crippen LogP contribution in [-0.4, -0.2) is 23.5 Å². The highest BCUT2D eigenvalue weighted by Gasteiger charge is 2.05. The van der Waals surface area contributed by atoms with Crippen LogP contribution in [0.4, 0.5) is 0 Å². The lowest BCUT2D eigenvalue weighted by Gasteiger charge is -2.06. The van der Waals surface area contributed by atoms with Gasteiger partial charge in [0.2, 0.25) is 0 Å². The molecule has 0 aliphatic carbocycles. The van der Waals surface area contributed by atoms with E-state index in [9.17, 15) is 4.79 Å². The predicted molar refractivity (Wildman–Crippen MR) is 54.3 cm³/mol. The van der Waals surface area contributed by atoms with Gasteiger partial charge < -0.3 is 4.74 Å². The van der Waals surface area contributed by atoms with Gasteiger partial charge in [-0.05, 0) is 26.0 Å². The Hall–Kier alpha value is -1.22. The first-order valence-corrected chi connectivity index (χ1v) is 4.75. The van der Waals surface area contributed by atoms with Crippen molar-refractivity contribution in [2.75, 3.05) is 6.61 Å². The minimum absolute atomic E-state index is 0.105. The molecule has 0 aliphatic heterocycles. The van der Waals surface area contributed by atoms with E-state index in [-0.39, 0.29) is 11.9 Å². The van der Waals surface area contributed by atoms with Crippen LogP contribution in [0.2, 0.25) is 0 Å². The molecule has 3 heteroatoms. The number of Topliss-reactive ketones (excluding diaryl/α,β-unsaturated/α-hetero) is 1. The highest BCUT2D eigenvalue weighted by Crippen LogP contribution is 2.02. The smallest absolute Gasteiger partial charge is 0.165 e. The quantitative estimate of drug-likeness (QED) is 0.672. The van der Waals surface area contributed by atoms with Crippen molar-refractivity contribution < 1.29 is 9.53 Å². The van der Waals surface area contributed by atoms with Crippen molar-refractivity contribution in [2.45, 2.75) is 26.4 Å². The van der Waals surface area contributed by atoms with Crippen LogP contribution in [0.15, 0.2) is 24.5 Å². The van der Waals surface area contributed by atoms with Gasteiger partial charge in [0.25, 0.3) is 0 Å². The van der Waals surface area contributed by atoms with Crippen LogP contribution in [0.5, 0.6) is 0 Å². The van der Waals surface area contributed by atoms with E-state index in [1.807, 2.05) is 13.8 Å². The molecule has 0 aromatic carbocycles. The van der Waals surface area contributed by atoms with Gasteiger partial charge in [-0.1, -0.05) is 0 Å². The average molecular weight is 193 g/mol. The zero-order valence-electron chi connectivity index (χ0n) is 8.56. The van der Waals surface area contributed by atoms with Gasteiger partial charge in [0.05, 0.1) is 12.7 Å². The average Bonchev–Trinajstić information content (AvgIpc) is 2.18. The maximum Gasteiger partial charge on any atom is 0.165 e. The number of carbonyl (C=O) groups excluding carboxylic acids is 1. The standard InChI is InChI=1S/C11H15NO2/c1-9(2)14-8-5-11(13)10-3-6-12-7-4-10/h3-4,6-7,9H,5,8H2,1-2H3. The van der Waals surface area contributed by atoms with E-state index in [0.29, 0.717) is 18.6 Å². The fourth-order valence-corrected chi connectivity index (χ4v) is 1.07. The third-order valence-corrected chi connectivity index (χ3v) is 1.78. The molecule has 76 valence electrons. The van der Waals surface area contributed by atoms with Crippen molar-refractivity contribution in [3.63, 3.8) is 0 Å². The second-order valence-electron chi connectivity index (χ2n) is 3.33. The Kier molecular flexibility index (Phi) is 4.26. The Balaban J connectivity index is 2.36. The van der Waals surface area contributed by atoms with Gasteiger partial charge in [-0.2, -0.15) is 0 Å². The molecule has 1 rings (SSSR count). The molecule has 14 heavy (non-hydrogen) atoms. The van der Waals surface area contributed by atoms with E-state index in [2.05, 4.69) is 4.98 Å². The number of carbonyl (C=O) groups is 1. The van der Waals surface area contributed by atoms with Crippen LogP contribution >= 0.6 is 0 Å². The zero-order valence-corrected chi connectivity index (χ0v) is 8.56. The number of aromatic nitrogens is 1. The molecule has 0 fully saturated rings. The summed E-state index contributed by atoms with van der Waals surface area (Å²) in [7, 11) is 0. The molecule has 0 N–H and O–H groups in total. The third kappa shape index (κ3) is 3.66. The number of pyridine rings is 1. The Morgan fingerprint density at radius 2 is 2.07 bits per heavy atom. The second-order valence-corrected chi connectivity index (χ2v) is 3.33. The van der Waals surface area contributed by atoms with Gasteiger partial charge in [0, 0.05) is 24.4 Å². The topological polar surface area (TPSA) is 39.2 Å². The Morgan fingerprint density at radius 1 is 1.43 bits per heavy atom. The normalized spacial score (nSPS) is 10.5. The first kappa shape index (κ1) is 10.9. The third-order valence-electron chi connectivity index (χ3n) is 1.78. The maximum atomic E-state index is 11.5. The van der Waals surface area contributed by atoms with Crippen LogP contribution in [0.3, 0.4) is 0 Å². The van der Waals surface area contributed by atoms with Gasteiger partial charge in [0.15, 0.2) is 5.78 Å². The molecule has 1 aromatic rings. The Labute approximate surface area is 84.1 Å². The fraction of sp³-hybridized carbons (Fsp3) is 0.455. The van der Waals surface area contributed by atoms with E-state index in [0.717, 1.165) is 0 Å². The van der Waals surface area contributed by atoms with Crippen molar-refractivity contribution in [2.24, 2.45) is 0 Å². The summed E-state index contributed by atoms with van der Waals surface area (Å²) < 4.78 is 5.30. The Bertz CT molecular complexity index is 283. The van der Waals surface area contributed by atoms with Crippen molar-refractivity contribution in [1.29, 1.82) is 0 Å². The van der Waals surface area contributed by atoms with Gasteiger partial charge in [-0.3, -0.25) is 9.78 Å². The molecule has 0 atom stereocenters. The summed E-state index contributed by atoms with van der Waals surface area (Å²) in [6.45, 7) is 4.40. The highest BCUT2D eigenvalue weighted by atomic mass is 16.5. The lowest BCUT2D eigenvalue weighted by Crippen LogP contribution is -2.09. The van der Waals surface area contributed by atoms with Crippen LogP contribution in [0.25, 0.3) is 0 Å². The monoisotopic (exact) mass is 193 g/mol. The first-order valence-electron chi connectivity index (χ1n) is 4.75. The minimum Gasteiger partial charge on any atom is -0.378 e. The predicted octanol–water partition coefficient (Wildman–Crippen LogP) is 2.08. The molecule has 0 unspecified atom stereocenters. The molecule has 1 aromatic heterocycles. The number of ketones is 1.